The largest absolute Gasteiger partial charge is 0.334 e. The molecule has 3 heterocycles. The maximum absolute atomic E-state index is 2.53. The van der Waals surface area contributed by atoms with Gasteiger partial charge in [0.05, 0.1) is 31.5 Å². The summed E-state index contributed by atoms with van der Waals surface area (Å²) in [7, 11) is 0. The van der Waals surface area contributed by atoms with E-state index in [4.69, 9.17) is 0 Å². The predicted molar refractivity (Wildman–Crippen MR) is 141 cm³/mol. The van der Waals surface area contributed by atoms with Gasteiger partial charge in [0.1, 0.15) is 0 Å². The van der Waals surface area contributed by atoms with Gasteiger partial charge in [-0.3, -0.25) is 0 Å². The lowest BCUT2D eigenvalue weighted by molar-refractivity contribution is 0.849. The highest BCUT2D eigenvalue weighted by molar-refractivity contribution is 7.27. The molecule has 7 rings (SSSR count). The van der Waals surface area contributed by atoms with Crippen LogP contribution in [0.5, 0.6) is 0 Å². The van der Waals surface area contributed by atoms with E-state index in [1.54, 1.807) is 0 Å². The van der Waals surface area contributed by atoms with Crippen molar-refractivity contribution >= 4 is 53.6 Å². The van der Waals surface area contributed by atoms with E-state index < -0.39 is 0 Å². The van der Waals surface area contributed by atoms with Crippen molar-refractivity contribution in [1.82, 2.24) is 9.13 Å². The van der Waals surface area contributed by atoms with Crippen molar-refractivity contribution in [3.05, 3.63) is 120 Å². The van der Waals surface area contributed by atoms with E-state index >= 15 is 0 Å². The van der Waals surface area contributed by atoms with E-state index in [0.29, 0.717) is 0 Å². The summed E-state index contributed by atoms with van der Waals surface area (Å²) in [5.74, 6) is 0. The molecule has 0 aliphatic carbocycles. The minimum Gasteiger partial charge on any atom is -0.334 e. The number of nitrogens with zero attached hydrogens (tertiary/aromatic N) is 2. The Morgan fingerprint density at radius 1 is 0.455 bits per heavy atom. The Hall–Kier alpha value is -3.82. The zero-order chi connectivity index (χ0) is 21.8. The molecule has 0 bridgehead atoms. The maximum Gasteiger partial charge on any atom is 0.0852 e. The average Bonchev–Trinajstić information content (AvgIpc) is 3.49. The van der Waals surface area contributed by atoms with Crippen LogP contribution in [-0.4, -0.2) is 9.13 Å². The Labute approximate surface area is 195 Å². The van der Waals surface area contributed by atoms with Crippen molar-refractivity contribution in [2.45, 2.75) is 13.1 Å². The molecule has 2 nitrogen and oxygen atoms in total. The van der Waals surface area contributed by atoms with Crippen LogP contribution in [0.3, 0.4) is 0 Å². The SMILES string of the molecule is c1ccc(Cn2c3ccccc3c3sc4c5ccccc5n(Cc5ccccc5)c4c32)cc1. The molecule has 0 N–H and O–H groups in total. The summed E-state index contributed by atoms with van der Waals surface area (Å²) in [4.78, 5) is 0. The van der Waals surface area contributed by atoms with E-state index in [1.165, 1.54) is 53.4 Å². The number of hydrogen-bond acceptors (Lipinski definition) is 1. The third-order valence-corrected chi connectivity index (χ3v) is 7.88. The molecular formula is C30H22N2S. The first kappa shape index (κ1) is 18.7. The van der Waals surface area contributed by atoms with Crippen molar-refractivity contribution in [2.75, 3.05) is 0 Å². The molecule has 0 radical (unpaired) electrons. The Kier molecular flexibility index (Phi) is 4.18. The molecule has 3 aromatic heterocycles. The van der Waals surface area contributed by atoms with Gasteiger partial charge in [0.2, 0.25) is 0 Å². The monoisotopic (exact) mass is 442 g/mol. The highest BCUT2D eigenvalue weighted by Crippen LogP contribution is 2.45. The minimum atomic E-state index is 0.865. The highest BCUT2D eigenvalue weighted by atomic mass is 32.1. The molecule has 158 valence electrons. The van der Waals surface area contributed by atoms with Gasteiger partial charge in [-0.25, -0.2) is 0 Å². The lowest BCUT2D eigenvalue weighted by atomic mass is 10.2. The van der Waals surface area contributed by atoms with Crippen LogP contribution in [-0.2, 0) is 13.1 Å². The second kappa shape index (κ2) is 7.36. The first-order valence-electron chi connectivity index (χ1n) is 11.4. The molecule has 4 aromatic carbocycles. The van der Waals surface area contributed by atoms with E-state index in [0.717, 1.165) is 13.1 Å². The number of thiophene rings is 1. The standard InChI is InChI=1S/C30H22N2S/c1-3-11-21(12-4-1)19-31-25-17-9-7-15-23(25)29-27(31)28-30(33-29)24-16-8-10-18-26(24)32(28)20-22-13-5-2-6-14-22/h1-18H,19-20H2. The second-order valence-electron chi connectivity index (χ2n) is 8.64. The van der Waals surface area contributed by atoms with Crippen molar-refractivity contribution in [2.24, 2.45) is 0 Å². The van der Waals surface area contributed by atoms with Gasteiger partial charge in [-0.1, -0.05) is 97.1 Å². The molecule has 0 unspecified atom stereocenters. The summed E-state index contributed by atoms with van der Waals surface area (Å²) in [6.07, 6.45) is 0. The Balaban J connectivity index is 1.60. The van der Waals surface area contributed by atoms with Crippen molar-refractivity contribution in [1.29, 1.82) is 0 Å². The molecule has 3 heteroatoms. The maximum atomic E-state index is 2.53. The van der Waals surface area contributed by atoms with Crippen LogP contribution in [0.15, 0.2) is 109 Å². The molecule has 0 atom stereocenters. The predicted octanol–water partition coefficient (Wildman–Crippen LogP) is 8.06. The molecule has 0 aliphatic rings. The fraction of sp³-hybridized carbons (Fsp3) is 0.0667. The number of benzene rings is 4. The molecule has 0 saturated heterocycles. The zero-order valence-electron chi connectivity index (χ0n) is 18.1. The summed E-state index contributed by atoms with van der Waals surface area (Å²) >= 11 is 1.94. The molecule has 7 aromatic rings. The van der Waals surface area contributed by atoms with Crippen molar-refractivity contribution in [3.8, 4) is 0 Å². The molecular weight excluding hydrogens is 420 g/mol. The third kappa shape index (κ3) is 2.86. The molecule has 0 aliphatic heterocycles. The topological polar surface area (TPSA) is 9.86 Å². The van der Waals surface area contributed by atoms with Crippen LogP contribution in [0.4, 0.5) is 0 Å². The van der Waals surface area contributed by atoms with Gasteiger partial charge in [0.15, 0.2) is 0 Å². The smallest absolute Gasteiger partial charge is 0.0852 e. The Morgan fingerprint density at radius 2 is 0.848 bits per heavy atom. The van der Waals surface area contributed by atoms with Crippen LogP contribution in [0.2, 0.25) is 0 Å². The number of hydrogen-bond donors (Lipinski definition) is 0. The fourth-order valence-corrected chi connectivity index (χ4v) is 6.56. The highest BCUT2D eigenvalue weighted by Gasteiger charge is 2.22. The molecule has 0 spiro atoms. The van der Waals surface area contributed by atoms with Gasteiger partial charge in [-0.15, -0.1) is 11.3 Å². The number of aromatic nitrogens is 2. The summed E-state index contributed by atoms with van der Waals surface area (Å²) in [5.41, 5.74) is 7.97. The minimum absolute atomic E-state index is 0.865. The van der Waals surface area contributed by atoms with Crippen LogP contribution in [0.1, 0.15) is 11.1 Å². The van der Waals surface area contributed by atoms with Gasteiger partial charge in [0, 0.05) is 23.9 Å². The molecule has 0 fully saturated rings. The summed E-state index contributed by atoms with van der Waals surface area (Å²) < 4.78 is 7.83. The van der Waals surface area contributed by atoms with Gasteiger partial charge < -0.3 is 9.13 Å². The van der Waals surface area contributed by atoms with Crippen LogP contribution >= 0.6 is 11.3 Å². The van der Waals surface area contributed by atoms with Gasteiger partial charge in [-0.05, 0) is 23.3 Å². The van der Waals surface area contributed by atoms with Gasteiger partial charge in [-0.2, -0.15) is 0 Å². The van der Waals surface area contributed by atoms with Crippen molar-refractivity contribution in [3.63, 3.8) is 0 Å². The van der Waals surface area contributed by atoms with E-state index in [9.17, 15) is 0 Å². The van der Waals surface area contributed by atoms with Gasteiger partial charge in [0.25, 0.3) is 0 Å². The molecule has 0 amide bonds. The summed E-state index contributed by atoms with van der Waals surface area (Å²) in [6, 6.07) is 39.3. The average molecular weight is 443 g/mol. The number of fused-ring (bicyclic) bond motifs is 7. The van der Waals surface area contributed by atoms with Crippen LogP contribution < -0.4 is 0 Å². The Bertz CT molecular complexity index is 1620. The van der Waals surface area contributed by atoms with Crippen LogP contribution in [0, 0.1) is 0 Å². The van der Waals surface area contributed by atoms with E-state index in [1.807, 2.05) is 11.3 Å². The van der Waals surface area contributed by atoms with Crippen molar-refractivity contribution < 1.29 is 0 Å². The third-order valence-electron chi connectivity index (χ3n) is 6.64. The lowest BCUT2D eigenvalue weighted by Gasteiger charge is -2.11. The fourth-order valence-electron chi connectivity index (χ4n) is 5.18. The second-order valence-corrected chi connectivity index (χ2v) is 9.66. The zero-order valence-corrected chi connectivity index (χ0v) is 18.9. The van der Waals surface area contributed by atoms with E-state index in [-0.39, 0.29) is 0 Å². The Morgan fingerprint density at radius 3 is 1.30 bits per heavy atom. The summed E-state index contributed by atoms with van der Waals surface area (Å²) in [6.45, 7) is 1.73. The van der Waals surface area contributed by atoms with Gasteiger partial charge >= 0.3 is 0 Å². The first-order chi connectivity index (χ1) is 16.4. The lowest BCUT2D eigenvalue weighted by Crippen LogP contribution is -2.02. The van der Waals surface area contributed by atoms with E-state index in [2.05, 4.69) is 118 Å². The number of rotatable bonds is 4. The normalized spacial score (nSPS) is 11.9. The quantitative estimate of drug-likeness (QED) is 0.261. The number of para-hydroxylation sites is 2. The van der Waals surface area contributed by atoms with Crippen LogP contribution in [0.25, 0.3) is 42.2 Å². The molecule has 0 saturated carbocycles. The summed E-state index contributed by atoms with van der Waals surface area (Å²) in [5, 5.41) is 2.69. The first-order valence-corrected chi connectivity index (χ1v) is 12.2. The molecule has 33 heavy (non-hydrogen) atoms.